The maximum atomic E-state index is 12.5. The van der Waals surface area contributed by atoms with Gasteiger partial charge >= 0.3 is 0 Å². The van der Waals surface area contributed by atoms with Crippen molar-refractivity contribution in [3.05, 3.63) is 42.4 Å². The van der Waals surface area contributed by atoms with Gasteiger partial charge in [-0.15, -0.1) is 0 Å². The van der Waals surface area contributed by atoms with Crippen LogP contribution in [0.3, 0.4) is 0 Å². The average Bonchev–Trinajstić information content (AvgIpc) is 3.41. The highest BCUT2D eigenvalue weighted by atomic mass is 16.6. The molecule has 2 aromatic heterocycles. The number of furan rings is 1. The summed E-state index contributed by atoms with van der Waals surface area (Å²) >= 11 is 0. The molecule has 8 nitrogen and oxygen atoms in total. The second-order valence-corrected chi connectivity index (χ2v) is 6.17. The van der Waals surface area contributed by atoms with Crippen LogP contribution in [0.25, 0.3) is 11.7 Å². The third kappa shape index (κ3) is 2.50. The molecule has 0 radical (unpaired) electrons. The number of hydrogen-bond donors (Lipinski definition) is 0. The first-order valence-electron chi connectivity index (χ1n) is 8.35. The molecule has 0 spiro atoms. The zero-order valence-electron chi connectivity index (χ0n) is 13.8. The lowest BCUT2D eigenvalue weighted by atomic mass is 10.1. The fourth-order valence-electron chi connectivity index (χ4n) is 3.23. The van der Waals surface area contributed by atoms with E-state index in [-0.39, 0.29) is 11.8 Å². The Labute approximate surface area is 148 Å². The Hall–Kier alpha value is -3.29. The van der Waals surface area contributed by atoms with Crippen LogP contribution < -0.4 is 14.4 Å². The minimum Gasteiger partial charge on any atom is -0.486 e. The number of anilines is 1. The Morgan fingerprint density at radius 3 is 2.85 bits per heavy atom. The van der Waals surface area contributed by atoms with Crippen LogP contribution in [0.4, 0.5) is 5.69 Å². The van der Waals surface area contributed by atoms with E-state index in [4.69, 9.17) is 18.4 Å². The monoisotopic (exact) mass is 353 g/mol. The van der Waals surface area contributed by atoms with E-state index in [1.807, 2.05) is 18.2 Å². The van der Waals surface area contributed by atoms with Gasteiger partial charge in [0.15, 0.2) is 23.1 Å². The van der Waals surface area contributed by atoms with Crippen LogP contribution in [0, 0.1) is 0 Å². The van der Waals surface area contributed by atoms with E-state index in [1.165, 1.54) is 0 Å². The van der Waals surface area contributed by atoms with Gasteiger partial charge in [-0.3, -0.25) is 4.79 Å². The normalized spacial score (nSPS) is 19.2. The minimum atomic E-state index is -0.136. The lowest BCUT2D eigenvalue weighted by molar-refractivity contribution is -0.117. The van der Waals surface area contributed by atoms with Gasteiger partial charge in [-0.05, 0) is 24.3 Å². The molecule has 0 N–H and O–H groups in total. The molecule has 8 heteroatoms. The number of carbonyl (C=O) groups is 1. The van der Waals surface area contributed by atoms with Crippen molar-refractivity contribution in [2.24, 2.45) is 0 Å². The first kappa shape index (κ1) is 15.0. The summed E-state index contributed by atoms with van der Waals surface area (Å²) in [6.07, 6.45) is 1.87. The molecule has 1 saturated heterocycles. The molecule has 1 fully saturated rings. The van der Waals surface area contributed by atoms with E-state index < -0.39 is 0 Å². The Morgan fingerprint density at radius 1 is 1.12 bits per heavy atom. The smallest absolute Gasteiger partial charge is 0.293 e. The summed E-state index contributed by atoms with van der Waals surface area (Å²) < 4.78 is 21.6. The highest BCUT2D eigenvalue weighted by molar-refractivity contribution is 5.96. The van der Waals surface area contributed by atoms with Crippen molar-refractivity contribution < 1.29 is 23.2 Å². The number of fused-ring (bicyclic) bond motifs is 1. The molecule has 1 amide bonds. The van der Waals surface area contributed by atoms with Crippen LogP contribution >= 0.6 is 0 Å². The largest absolute Gasteiger partial charge is 0.486 e. The predicted molar refractivity (Wildman–Crippen MR) is 89.1 cm³/mol. The summed E-state index contributed by atoms with van der Waals surface area (Å²) in [5, 5.41) is 4.02. The molecule has 5 rings (SSSR count). The Morgan fingerprint density at radius 2 is 2.00 bits per heavy atom. The molecule has 1 unspecified atom stereocenters. The quantitative estimate of drug-likeness (QED) is 0.715. The molecule has 26 heavy (non-hydrogen) atoms. The van der Waals surface area contributed by atoms with Gasteiger partial charge in [0.25, 0.3) is 5.89 Å². The van der Waals surface area contributed by atoms with E-state index in [2.05, 4.69) is 10.1 Å². The van der Waals surface area contributed by atoms with E-state index in [0.29, 0.717) is 55.2 Å². The maximum absolute atomic E-state index is 12.5. The molecular weight excluding hydrogens is 338 g/mol. The second kappa shape index (κ2) is 5.91. The molecule has 1 atom stereocenters. The summed E-state index contributed by atoms with van der Waals surface area (Å²) in [6.45, 7) is 1.52. The first-order chi connectivity index (χ1) is 12.8. The number of amides is 1. The van der Waals surface area contributed by atoms with Crippen LogP contribution in [0.2, 0.25) is 0 Å². The number of nitrogens with zero attached hydrogens (tertiary/aromatic N) is 3. The fourth-order valence-corrected chi connectivity index (χ4v) is 3.23. The predicted octanol–water partition coefficient (Wildman–Crippen LogP) is 2.62. The third-order valence-electron chi connectivity index (χ3n) is 4.50. The third-order valence-corrected chi connectivity index (χ3v) is 4.50. The molecule has 0 bridgehead atoms. The molecule has 4 heterocycles. The van der Waals surface area contributed by atoms with Crippen molar-refractivity contribution in [1.82, 2.24) is 10.1 Å². The van der Waals surface area contributed by atoms with E-state index in [9.17, 15) is 4.79 Å². The first-order valence-corrected chi connectivity index (χ1v) is 8.35. The Bertz CT molecular complexity index is 950. The molecule has 3 aromatic rings. The lowest BCUT2D eigenvalue weighted by Crippen LogP contribution is -2.25. The molecular formula is C18H15N3O5. The summed E-state index contributed by atoms with van der Waals surface area (Å²) in [5.74, 6) is 2.56. The van der Waals surface area contributed by atoms with Crippen molar-refractivity contribution in [2.75, 3.05) is 24.7 Å². The van der Waals surface area contributed by atoms with Crippen molar-refractivity contribution in [3.63, 3.8) is 0 Å². The number of benzene rings is 1. The van der Waals surface area contributed by atoms with Crippen LogP contribution in [0.5, 0.6) is 11.5 Å². The Kier molecular flexibility index (Phi) is 3.41. The molecule has 0 saturated carbocycles. The fraction of sp³-hybridized carbons (Fsp3) is 0.278. The molecule has 1 aromatic carbocycles. The zero-order chi connectivity index (χ0) is 17.5. The van der Waals surface area contributed by atoms with Crippen LogP contribution in [0.1, 0.15) is 18.2 Å². The van der Waals surface area contributed by atoms with Crippen LogP contribution in [0.15, 0.2) is 45.5 Å². The van der Waals surface area contributed by atoms with Gasteiger partial charge in [0.2, 0.25) is 5.91 Å². The van der Waals surface area contributed by atoms with Gasteiger partial charge in [0, 0.05) is 30.6 Å². The molecule has 2 aliphatic rings. The average molecular weight is 353 g/mol. The summed E-state index contributed by atoms with van der Waals surface area (Å²) in [6, 6.07) is 9.02. The number of carbonyl (C=O) groups excluding carboxylic acids is 1. The van der Waals surface area contributed by atoms with Gasteiger partial charge in [-0.25, -0.2) is 0 Å². The maximum Gasteiger partial charge on any atom is 0.293 e. The summed E-state index contributed by atoms with van der Waals surface area (Å²) in [7, 11) is 0. The van der Waals surface area contributed by atoms with Crippen LogP contribution in [-0.4, -0.2) is 35.8 Å². The van der Waals surface area contributed by atoms with Gasteiger partial charge in [-0.2, -0.15) is 4.98 Å². The van der Waals surface area contributed by atoms with Crippen molar-refractivity contribution in [2.45, 2.75) is 12.3 Å². The van der Waals surface area contributed by atoms with E-state index >= 15 is 0 Å². The second-order valence-electron chi connectivity index (χ2n) is 6.17. The Balaban J connectivity index is 1.38. The van der Waals surface area contributed by atoms with Crippen molar-refractivity contribution >= 4 is 11.6 Å². The SMILES string of the molecule is O=C1CC(c2noc(-c3ccco3)n2)CN1c1ccc2c(c1)OCCO2. The number of aromatic nitrogens is 2. The van der Waals surface area contributed by atoms with Gasteiger partial charge in [0.1, 0.15) is 13.2 Å². The lowest BCUT2D eigenvalue weighted by Gasteiger charge is -2.22. The zero-order valence-corrected chi connectivity index (χ0v) is 13.8. The van der Waals surface area contributed by atoms with Gasteiger partial charge < -0.3 is 23.3 Å². The standard InChI is InChI=1S/C18H15N3O5/c22-16-8-11(17-19-18(26-20-17)14-2-1-5-23-14)10-21(16)12-3-4-13-15(9-12)25-7-6-24-13/h1-5,9,11H,6-8,10H2. The highest BCUT2D eigenvalue weighted by Gasteiger charge is 2.35. The highest BCUT2D eigenvalue weighted by Crippen LogP contribution is 2.37. The topological polar surface area (TPSA) is 90.8 Å². The molecule has 2 aliphatic heterocycles. The van der Waals surface area contributed by atoms with Crippen molar-refractivity contribution in [1.29, 1.82) is 0 Å². The number of ether oxygens (including phenoxy) is 2. The molecule has 0 aliphatic carbocycles. The number of rotatable bonds is 3. The van der Waals surface area contributed by atoms with Gasteiger partial charge in [-0.1, -0.05) is 5.16 Å². The van der Waals surface area contributed by atoms with Crippen molar-refractivity contribution in [3.8, 4) is 23.1 Å². The van der Waals surface area contributed by atoms with E-state index in [1.54, 1.807) is 23.3 Å². The number of hydrogen-bond acceptors (Lipinski definition) is 7. The summed E-state index contributed by atoms with van der Waals surface area (Å²) in [4.78, 5) is 18.6. The molecule has 132 valence electrons. The minimum absolute atomic E-state index is 0.0102. The summed E-state index contributed by atoms with van der Waals surface area (Å²) in [5.41, 5.74) is 0.775. The van der Waals surface area contributed by atoms with Crippen LogP contribution in [-0.2, 0) is 4.79 Å². The van der Waals surface area contributed by atoms with E-state index in [0.717, 1.165) is 5.69 Å². The van der Waals surface area contributed by atoms with Gasteiger partial charge in [0.05, 0.1) is 6.26 Å².